The highest BCUT2D eigenvalue weighted by Crippen LogP contribution is 2.33. The molecule has 23 heavy (non-hydrogen) atoms. The number of hydrogen-bond donors (Lipinski definition) is 1. The van der Waals surface area contributed by atoms with E-state index in [1.54, 1.807) is 0 Å². The van der Waals surface area contributed by atoms with E-state index in [-0.39, 0.29) is 17.2 Å². The molecule has 120 valence electrons. The Morgan fingerprint density at radius 2 is 2.04 bits per heavy atom. The normalized spacial score (nSPS) is 22.0. The number of benzene rings is 1. The fourth-order valence-electron chi connectivity index (χ4n) is 3.77. The molecule has 1 saturated carbocycles. The zero-order valence-corrected chi connectivity index (χ0v) is 14.0. The first-order chi connectivity index (χ1) is 11.0. The van der Waals surface area contributed by atoms with Crippen LogP contribution in [0.3, 0.4) is 0 Å². The number of rotatable bonds is 2. The minimum atomic E-state index is -0.105. The summed E-state index contributed by atoms with van der Waals surface area (Å²) in [6, 6.07) is 5.78. The monoisotopic (exact) mass is 308 g/mol. The Kier molecular flexibility index (Phi) is 4.26. The minimum absolute atomic E-state index is 0.105. The van der Waals surface area contributed by atoms with E-state index in [9.17, 15) is 4.79 Å². The molecule has 3 rings (SSSR count). The molecule has 1 aliphatic heterocycles. The number of hydrogen-bond acceptors (Lipinski definition) is 2. The number of fused-ring (bicyclic) bond motifs is 1. The summed E-state index contributed by atoms with van der Waals surface area (Å²) >= 11 is 0. The summed E-state index contributed by atoms with van der Waals surface area (Å²) < 4.78 is 0. The second-order valence-corrected chi connectivity index (χ2v) is 7.43. The van der Waals surface area contributed by atoms with Gasteiger partial charge in [0.05, 0.1) is 6.57 Å². The number of carbonyl (C=O) groups is 1. The highest BCUT2D eigenvalue weighted by atomic mass is 16.1. The molecule has 0 aromatic heterocycles. The van der Waals surface area contributed by atoms with Crippen LogP contribution in [0.5, 0.6) is 0 Å². The van der Waals surface area contributed by atoms with Crippen LogP contribution >= 0.6 is 0 Å². The van der Waals surface area contributed by atoms with Gasteiger partial charge < -0.3 is 5.32 Å². The molecule has 0 amide bonds. The highest BCUT2D eigenvalue weighted by Gasteiger charge is 2.29. The topological polar surface area (TPSA) is 33.5 Å². The van der Waals surface area contributed by atoms with Crippen molar-refractivity contribution in [2.75, 3.05) is 0 Å². The van der Waals surface area contributed by atoms with Crippen molar-refractivity contribution in [1.29, 1.82) is 0 Å². The molecule has 0 spiro atoms. The predicted molar refractivity (Wildman–Crippen MR) is 93.2 cm³/mol. The first kappa shape index (κ1) is 15.8. The van der Waals surface area contributed by atoms with Crippen LogP contribution in [0, 0.1) is 12.5 Å². The van der Waals surface area contributed by atoms with Gasteiger partial charge >= 0.3 is 0 Å². The SMILES string of the molecule is [C-]#[N+]c1ccc2c(c1)CC(C)(C)N/C2=C\C(=O)C1CCCCC1. The van der Waals surface area contributed by atoms with Crippen molar-refractivity contribution in [1.82, 2.24) is 5.32 Å². The van der Waals surface area contributed by atoms with E-state index >= 15 is 0 Å². The molecular weight excluding hydrogens is 284 g/mol. The maximum atomic E-state index is 12.6. The lowest BCUT2D eigenvalue weighted by molar-refractivity contribution is -0.119. The Morgan fingerprint density at radius 1 is 1.30 bits per heavy atom. The lowest BCUT2D eigenvalue weighted by atomic mass is 9.83. The third-order valence-corrected chi connectivity index (χ3v) is 4.91. The largest absolute Gasteiger partial charge is 0.379 e. The number of carbonyl (C=O) groups excluding carboxylic acids is 1. The first-order valence-electron chi connectivity index (χ1n) is 8.53. The maximum absolute atomic E-state index is 12.6. The van der Waals surface area contributed by atoms with E-state index < -0.39 is 0 Å². The summed E-state index contributed by atoms with van der Waals surface area (Å²) in [6.07, 6.45) is 8.32. The lowest BCUT2D eigenvalue weighted by Crippen LogP contribution is -2.44. The molecule has 1 aromatic carbocycles. The molecule has 1 N–H and O–H groups in total. The summed E-state index contributed by atoms with van der Waals surface area (Å²) in [5.41, 5.74) is 3.71. The van der Waals surface area contributed by atoms with Gasteiger partial charge in [-0.3, -0.25) is 4.79 Å². The molecule has 0 saturated heterocycles. The summed E-state index contributed by atoms with van der Waals surface area (Å²) in [7, 11) is 0. The molecule has 0 atom stereocenters. The molecule has 1 aliphatic carbocycles. The van der Waals surface area contributed by atoms with Crippen molar-refractivity contribution >= 4 is 17.2 Å². The fourth-order valence-corrected chi connectivity index (χ4v) is 3.77. The van der Waals surface area contributed by atoms with Gasteiger partial charge in [-0.15, -0.1) is 0 Å². The molecule has 1 fully saturated rings. The van der Waals surface area contributed by atoms with Crippen molar-refractivity contribution in [3.8, 4) is 0 Å². The fraction of sp³-hybridized carbons (Fsp3) is 0.500. The first-order valence-corrected chi connectivity index (χ1v) is 8.53. The van der Waals surface area contributed by atoms with Crippen molar-refractivity contribution in [2.45, 2.75) is 57.9 Å². The quantitative estimate of drug-likeness (QED) is 0.637. The minimum Gasteiger partial charge on any atom is -0.379 e. The van der Waals surface area contributed by atoms with Crippen LogP contribution in [0.1, 0.15) is 57.1 Å². The highest BCUT2D eigenvalue weighted by molar-refractivity contribution is 5.98. The third kappa shape index (κ3) is 3.47. The molecular formula is C20H24N2O. The van der Waals surface area contributed by atoms with Gasteiger partial charge in [0.1, 0.15) is 0 Å². The molecule has 3 nitrogen and oxygen atoms in total. The number of nitrogens with one attached hydrogen (secondary N) is 1. The lowest BCUT2D eigenvalue weighted by Gasteiger charge is -2.36. The Morgan fingerprint density at radius 3 is 2.74 bits per heavy atom. The van der Waals surface area contributed by atoms with E-state index in [1.165, 1.54) is 19.3 Å². The van der Waals surface area contributed by atoms with E-state index in [0.29, 0.717) is 5.69 Å². The van der Waals surface area contributed by atoms with Gasteiger partial charge in [-0.05, 0) is 44.2 Å². The second kappa shape index (κ2) is 6.20. The number of nitrogens with zero attached hydrogens (tertiary/aromatic N) is 1. The van der Waals surface area contributed by atoms with Gasteiger partial charge in [0, 0.05) is 23.2 Å². The second-order valence-electron chi connectivity index (χ2n) is 7.43. The Hall–Kier alpha value is -2.08. The van der Waals surface area contributed by atoms with Crippen molar-refractivity contribution in [3.63, 3.8) is 0 Å². The summed E-state index contributed by atoms with van der Waals surface area (Å²) in [5, 5.41) is 3.52. The van der Waals surface area contributed by atoms with E-state index in [0.717, 1.165) is 36.1 Å². The Balaban J connectivity index is 1.94. The third-order valence-electron chi connectivity index (χ3n) is 4.91. The average molecular weight is 308 g/mol. The average Bonchev–Trinajstić information content (AvgIpc) is 2.54. The van der Waals surface area contributed by atoms with Crippen molar-refractivity contribution in [3.05, 3.63) is 46.8 Å². The smallest absolute Gasteiger partial charge is 0.187 e. The molecule has 1 heterocycles. The van der Waals surface area contributed by atoms with Gasteiger partial charge in [-0.1, -0.05) is 37.5 Å². The zero-order chi connectivity index (χ0) is 16.4. The number of ketones is 1. The predicted octanol–water partition coefficient (Wildman–Crippen LogP) is 4.65. The number of allylic oxidation sites excluding steroid dienone is 1. The van der Waals surface area contributed by atoms with Crippen LogP contribution in [-0.4, -0.2) is 11.3 Å². The van der Waals surface area contributed by atoms with Crippen molar-refractivity contribution in [2.24, 2.45) is 5.92 Å². The van der Waals surface area contributed by atoms with Gasteiger partial charge in [0.25, 0.3) is 0 Å². The van der Waals surface area contributed by atoms with Gasteiger partial charge in [-0.2, -0.15) is 0 Å². The van der Waals surface area contributed by atoms with E-state index in [4.69, 9.17) is 6.57 Å². The van der Waals surface area contributed by atoms with E-state index in [1.807, 2.05) is 24.3 Å². The summed E-state index contributed by atoms with van der Waals surface area (Å²) in [4.78, 5) is 16.2. The van der Waals surface area contributed by atoms with Crippen LogP contribution in [0.15, 0.2) is 24.3 Å². The molecule has 0 bridgehead atoms. The Bertz CT molecular complexity index is 688. The molecule has 2 aliphatic rings. The van der Waals surface area contributed by atoms with Crippen LogP contribution in [0.2, 0.25) is 0 Å². The van der Waals surface area contributed by atoms with Crippen molar-refractivity contribution < 1.29 is 4.79 Å². The van der Waals surface area contributed by atoms with Gasteiger partial charge in [0.2, 0.25) is 0 Å². The van der Waals surface area contributed by atoms with Crippen LogP contribution in [0.25, 0.3) is 10.5 Å². The van der Waals surface area contributed by atoms with Gasteiger partial charge in [0.15, 0.2) is 11.5 Å². The Labute approximate surface area is 138 Å². The standard InChI is InChI=1S/C20H24N2O/c1-20(2)13-15-11-16(21-3)9-10-17(15)18(22-20)12-19(23)14-7-5-4-6-8-14/h9-12,14,22H,4-8,13H2,1-2H3/b18-12-. The molecule has 0 radical (unpaired) electrons. The molecule has 1 aromatic rings. The zero-order valence-electron chi connectivity index (χ0n) is 14.0. The molecule has 0 unspecified atom stereocenters. The maximum Gasteiger partial charge on any atom is 0.187 e. The van der Waals surface area contributed by atoms with Crippen LogP contribution in [-0.2, 0) is 11.2 Å². The van der Waals surface area contributed by atoms with Gasteiger partial charge in [-0.25, -0.2) is 4.85 Å². The summed E-state index contributed by atoms with van der Waals surface area (Å²) in [6.45, 7) is 11.5. The van der Waals surface area contributed by atoms with Crippen LogP contribution < -0.4 is 5.32 Å². The van der Waals surface area contributed by atoms with E-state index in [2.05, 4.69) is 24.0 Å². The molecule has 3 heteroatoms. The summed E-state index contributed by atoms with van der Waals surface area (Å²) in [5.74, 6) is 0.444. The van der Waals surface area contributed by atoms with Crippen LogP contribution in [0.4, 0.5) is 5.69 Å².